The summed E-state index contributed by atoms with van der Waals surface area (Å²) in [6.45, 7) is 2.50. The summed E-state index contributed by atoms with van der Waals surface area (Å²) in [5.41, 5.74) is 1.27. The molecule has 16 heavy (non-hydrogen) atoms. The molecule has 1 aliphatic rings. The van der Waals surface area contributed by atoms with Crippen LogP contribution in [0.5, 0.6) is 5.75 Å². The number of ether oxygens (including phenoxy) is 1. The number of benzene rings is 1. The standard InChI is InChI=1S/C12H15NO2.ClH/c1-9(14)15-11-6-4-10(5-7-11)12-3-2-8-13-12;/h4-7,12-13H,2-3,8H2,1H3;1H/t12-;/m0./s1. The number of esters is 1. The molecule has 4 heteroatoms. The molecule has 0 aliphatic carbocycles. The summed E-state index contributed by atoms with van der Waals surface area (Å²) in [4.78, 5) is 10.7. The van der Waals surface area contributed by atoms with Gasteiger partial charge in [-0.15, -0.1) is 12.4 Å². The van der Waals surface area contributed by atoms with Crippen molar-refractivity contribution in [1.82, 2.24) is 5.32 Å². The van der Waals surface area contributed by atoms with Crippen molar-refractivity contribution < 1.29 is 9.53 Å². The Hall–Kier alpha value is -1.06. The molecule has 0 saturated carbocycles. The highest BCUT2D eigenvalue weighted by molar-refractivity contribution is 5.85. The summed E-state index contributed by atoms with van der Waals surface area (Å²) in [6.07, 6.45) is 2.42. The highest BCUT2D eigenvalue weighted by atomic mass is 35.5. The van der Waals surface area contributed by atoms with Crippen molar-refractivity contribution in [2.45, 2.75) is 25.8 Å². The second-order valence-electron chi connectivity index (χ2n) is 3.81. The van der Waals surface area contributed by atoms with Crippen LogP contribution in [0.2, 0.25) is 0 Å². The van der Waals surface area contributed by atoms with Crippen molar-refractivity contribution >= 4 is 18.4 Å². The third kappa shape index (κ3) is 3.22. The predicted molar refractivity (Wildman–Crippen MR) is 65.0 cm³/mol. The largest absolute Gasteiger partial charge is 0.427 e. The minimum atomic E-state index is -0.276. The minimum absolute atomic E-state index is 0. The summed E-state index contributed by atoms with van der Waals surface area (Å²) in [6, 6.07) is 8.19. The average molecular weight is 242 g/mol. The number of carbonyl (C=O) groups is 1. The molecule has 1 aliphatic heterocycles. The molecule has 1 saturated heterocycles. The Balaban J connectivity index is 0.00000128. The van der Waals surface area contributed by atoms with Crippen molar-refractivity contribution in [2.24, 2.45) is 0 Å². The number of halogens is 1. The second-order valence-corrected chi connectivity index (χ2v) is 3.81. The Morgan fingerprint density at radius 3 is 2.56 bits per heavy atom. The first kappa shape index (κ1) is 13.0. The molecular formula is C12H16ClNO2. The fourth-order valence-electron chi connectivity index (χ4n) is 1.90. The molecule has 3 nitrogen and oxygen atoms in total. The SMILES string of the molecule is CC(=O)Oc1ccc([C@@H]2CCCN2)cc1.Cl. The third-order valence-electron chi connectivity index (χ3n) is 2.60. The lowest BCUT2D eigenvalue weighted by atomic mass is 10.1. The van der Waals surface area contributed by atoms with Crippen LogP contribution < -0.4 is 10.1 Å². The molecule has 0 bridgehead atoms. The van der Waals surface area contributed by atoms with Gasteiger partial charge in [0.1, 0.15) is 5.75 Å². The molecule has 0 spiro atoms. The molecule has 1 fully saturated rings. The van der Waals surface area contributed by atoms with E-state index in [1.54, 1.807) is 0 Å². The van der Waals surface area contributed by atoms with Crippen LogP contribution in [0, 0.1) is 0 Å². The smallest absolute Gasteiger partial charge is 0.308 e. The maximum atomic E-state index is 10.7. The van der Waals surface area contributed by atoms with Gasteiger partial charge in [0.15, 0.2) is 0 Å². The van der Waals surface area contributed by atoms with E-state index in [0.717, 1.165) is 6.54 Å². The highest BCUT2D eigenvalue weighted by Crippen LogP contribution is 2.24. The third-order valence-corrected chi connectivity index (χ3v) is 2.60. The Kier molecular flexibility index (Phi) is 4.77. The summed E-state index contributed by atoms with van der Waals surface area (Å²) >= 11 is 0. The van der Waals surface area contributed by atoms with Gasteiger partial charge in [-0.2, -0.15) is 0 Å². The van der Waals surface area contributed by atoms with Crippen LogP contribution in [-0.4, -0.2) is 12.5 Å². The quantitative estimate of drug-likeness (QED) is 0.639. The number of carbonyl (C=O) groups excluding carboxylic acids is 1. The summed E-state index contributed by atoms with van der Waals surface area (Å²) in [5, 5.41) is 3.43. The van der Waals surface area contributed by atoms with E-state index in [9.17, 15) is 4.79 Å². The van der Waals surface area contributed by atoms with Crippen LogP contribution in [-0.2, 0) is 4.79 Å². The van der Waals surface area contributed by atoms with Crippen LogP contribution in [0.3, 0.4) is 0 Å². The van der Waals surface area contributed by atoms with Gasteiger partial charge in [-0.05, 0) is 37.1 Å². The van der Waals surface area contributed by atoms with Crippen molar-refractivity contribution in [3.63, 3.8) is 0 Å². The molecule has 1 aromatic carbocycles. The summed E-state index contributed by atoms with van der Waals surface area (Å²) in [7, 11) is 0. The monoisotopic (exact) mass is 241 g/mol. The van der Waals surface area contributed by atoms with Gasteiger partial charge in [-0.25, -0.2) is 0 Å². The van der Waals surface area contributed by atoms with Gasteiger partial charge in [0, 0.05) is 13.0 Å². The minimum Gasteiger partial charge on any atom is -0.427 e. The highest BCUT2D eigenvalue weighted by Gasteiger charge is 2.15. The van der Waals surface area contributed by atoms with Gasteiger partial charge in [0.05, 0.1) is 0 Å². The van der Waals surface area contributed by atoms with E-state index in [-0.39, 0.29) is 18.4 Å². The maximum absolute atomic E-state index is 10.7. The van der Waals surface area contributed by atoms with E-state index in [1.807, 2.05) is 24.3 Å². The number of hydrogen-bond donors (Lipinski definition) is 1. The molecule has 88 valence electrons. The topological polar surface area (TPSA) is 38.3 Å². The predicted octanol–water partition coefficient (Wildman–Crippen LogP) is 2.46. The summed E-state index contributed by atoms with van der Waals surface area (Å²) < 4.78 is 4.97. The van der Waals surface area contributed by atoms with E-state index >= 15 is 0 Å². The van der Waals surface area contributed by atoms with Crippen LogP contribution >= 0.6 is 12.4 Å². The fourth-order valence-corrected chi connectivity index (χ4v) is 1.90. The fraction of sp³-hybridized carbons (Fsp3) is 0.417. The zero-order valence-electron chi connectivity index (χ0n) is 9.23. The van der Waals surface area contributed by atoms with Gasteiger partial charge in [-0.3, -0.25) is 4.79 Å². The van der Waals surface area contributed by atoms with Crippen molar-refractivity contribution in [1.29, 1.82) is 0 Å². The van der Waals surface area contributed by atoms with Gasteiger partial charge in [-0.1, -0.05) is 12.1 Å². The zero-order valence-corrected chi connectivity index (χ0v) is 10.0. The van der Waals surface area contributed by atoms with Gasteiger partial charge < -0.3 is 10.1 Å². The molecule has 2 rings (SSSR count). The van der Waals surface area contributed by atoms with Gasteiger partial charge in [0.25, 0.3) is 0 Å². The molecule has 0 amide bonds. The van der Waals surface area contributed by atoms with Crippen molar-refractivity contribution in [3.05, 3.63) is 29.8 Å². The molecular weight excluding hydrogens is 226 g/mol. The van der Waals surface area contributed by atoms with E-state index in [0.29, 0.717) is 11.8 Å². The first-order valence-electron chi connectivity index (χ1n) is 5.27. The number of hydrogen-bond acceptors (Lipinski definition) is 3. The molecule has 1 heterocycles. The van der Waals surface area contributed by atoms with Crippen LogP contribution in [0.1, 0.15) is 31.4 Å². The van der Waals surface area contributed by atoms with E-state index in [4.69, 9.17) is 4.74 Å². The molecule has 1 aromatic rings. The first-order valence-corrected chi connectivity index (χ1v) is 5.27. The Labute approximate surface area is 102 Å². The Morgan fingerprint density at radius 2 is 2.06 bits per heavy atom. The van der Waals surface area contributed by atoms with E-state index in [1.165, 1.54) is 25.3 Å². The van der Waals surface area contributed by atoms with Crippen LogP contribution in [0.25, 0.3) is 0 Å². The number of nitrogens with one attached hydrogen (secondary N) is 1. The van der Waals surface area contributed by atoms with E-state index in [2.05, 4.69) is 5.32 Å². The molecule has 0 aromatic heterocycles. The zero-order chi connectivity index (χ0) is 10.7. The lowest BCUT2D eigenvalue weighted by molar-refractivity contribution is -0.131. The Bertz CT molecular complexity index is 345. The van der Waals surface area contributed by atoms with Crippen molar-refractivity contribution in [2.75, 3.05) is 6.54 Å². The van der Waals surface area contributed by atoms with E-state index < -0.39 is 0 Å². The molecule has 1 N–H and O–H groups in total. The molecule has 1 atom stereocenters. The van der Waals surface area contributed by atoms with Gasteiger partial charge >= 0.3 is 5.97 Å². The lowest BCUT2D eigenvalue weighted by Crippen LogP contribution is -2.12. The Morgan fingerprint density at radius 1 is 1.38 bits per heavy atom. The van der Waals surface area contributed by atoms with Crippen LogP contribution in [0.15, 0.2) is 24.3 Å². The molecule has 0 unspecified atom stereocenters. The summed E-state index contributed by atoms with van der Waals surface area (Å²) in [5.74, 6) is 0.339. The maximum Gasteiger partial charge on any atom is 0.308 e. The van der Waals surface area contributed by atoms with Gasteiger partial charge in [0.2, 0.25) is 0 Å². The first-order chi connectivity index (χ1) is 7.25. The molecule has 0 radical (unpaired) electrons. The second kappa shape index (κ2) is 5.87. The van der Waals surface area contributed by atoms with Crippen LogP contribution in [0.4, 0.5) is 0 Å². The lowest BCUT2D eigenvalue weighted by Gasteiger charge is -2.10. The normalized spacial score (nSPS) is 18.9. The average Bonchev–Trinajstić information content (AvgIpc) is 2.71. The van der Waals surface area contributed by atoms with Crippen molar-refractivity contribution in [3.8, 4) is 5.75 Å². The number of rotatable bonds is 2.